The molecule has 22 heavy (non-hydrogen) atoms. The molecule has 0 saturated heterocycles. The lowest BCUT2D eigenvalue weighted by Gasteiger charge is -2.08. The van der Waals surface area contributed by atoms with Crippen LogP contribution in [-0.2, 0) is 0 Å². The van der Waals surface area contributed by atoms with Crippen LogP contribution in [0.5, 0.6) is 0 Å². The van der Waals surface area contributed by atoms with Crippen LogP contribution in [-0.4, -0.2) is 25.7 Å². The van der Waals surface area contributed by atoms with E-state index in [4.69, 9.17) is 0 Å². The molecule has 0 bridgehead atoms. The van der Waals surface area contributed by atoms with Gasteiger partial charge in [0.2, 0.25) is 0 Å². The number of nitrogens with one attached hydrogen (secondary N) is 1. The Morgan fingerprint density at radius 1 is 1.18 bits per heavy atom. The van der Waals surface area contributed by atoms with E-state index in [9.17, 15) is 4.79 Å². The van der Waals surface area contributed by atoms with E-state index in [2.05, 4.69) is 20.4 Å². The molecule has 0 radical (unpaired) electrons. The summed E-state index contributed by atoms with van der Waals surface area (Å²) in [4.78, 5) is 20.6. The van der Waals surface area contributed by atoms with Gasteiger partial charge in [-0.05, 0) is 31.5 Å². The summed E-state index contributed by atoms with van der Waals surface area (Å²) in [5, 5.41) is 6.85. The first-order valence-electron chi connectivity index (χ1n) is 6.84. The molecule has 0 saturated carbocycles. The van der Waals surface area contributed by atoms with Crippen molar-refractivity contribution >= 4 is 11.6 Å². The van der Waals surface area contributed by atoms with Gasteiger partial charge in [0.05, 0.1) is 18.1 Å². The van der Waals surface area contributed by atoms with Crippen molar-refractivity contribution in [2.75, 3.05) is 5.32 Å². The predicted octanol–water partition coefficient (Wildman–Crippen LogP) is 2.53. The molecule has 2 aromatic heterocycles. The molecule has 0 aliphatic rings. The number of amides is 1. The molecule has 1 aromatic carbocycles. The molecule has 1 amide bonds. The van der Waals surface area contributed by atoms with Gasteiger partial charge in [0.1, 0.15) is 0 Å². The molecule has 3 rings (SSSR count). The third-order valence-electron chi connectivity index (χ3n) is 3.23. The first-order chi connectivity index (χ1) is 10.6. The molecule has 0 aliphatic carbocycles. The molecule has 0 spiro atoms. The second-order valence-corrected chi connectivity index (χ2v) is 4.99. The number of anilines is 1. The first kappa shape index (κ1) is 13.9. The monoisotopic (exact) mass is 293 g/mol. The van der Waals surface area contributed by atoms with Crippen molar-refractivity contribution in [1.29, 1.82) is 0 Å². The van der Waals surface area contributed by atoms with Crippen molar-refractivity contribution in [3.8, 4) is 5.95 Å². The molecule has 3 aromatic rings. The zero-order chi connectivity index (χ0) is 15.5. The number of nitrogens with zero attached hydrogens (tertiary/aromatic N) is 4. The lowest BCUT2D eigenvalue weighted by molar-refractivity contribution is 0.102. The summed E-state index contributed by atoms with van der Waals surface area (Å²) in [6.07, 6.45) is 6.53. The van der Waals surface area contributed by atoms with Gasteiger partial charge in [-0.1, -0.05) is 17.7 Å². The fourth-order valence-corrected chi connectivity index (χ4v) is 2.16. The van der Waals surface area contributed by atoms with Gasteiger partial charge in [0.25, 0.3) is 11.9 Å². The number of carbonyl (C=O) groups excluding carboxylic acids is 1. The molecule has 1 N–H and O–H groups in total. The maximum Gasteiger partial charge on any atom is 0.256 e. The van der Waals surface area contributed by atoms with Crippen LogP contribution in [0.25, 0.3) is 5.95 Å². The molecule has 0 fully saturated rings. The molecule has 0 unspecified atom stereocenters. The van der Waals surface area contributed by atoms with E-state index in [0.717, 1.165) is 11.1 Å². The van der Waals surface area contributed by atoms with E-state index in [-0.39, 0.29) is 5.91 Å². The highest BCUT2D eigenvalue weighted by atomic mass is 16.1. The average Bonchev–Trinajstić information content (AvgIpc) is 3.02. The van der Waals surface area contributed by atoms with Crippen LogP contribution in [0.2, 0.25) is 0 Å². The van der Waals surface area contributed by atoms with Crippen LogP contribution < -0.4 is 5.32 Å². The molecule has 110 valence electrons. The fourth-order valence-electron chi connectivity index (χ4n) is 2.16. The minimum Gasteiger partial charge on any atom is -0.319 e. The topological polar surface area (TPSA) is 72.7 Å². The first-order valence-corrected chi connectivity index (χ1v) is 6.84. The standard InChI is InChI=1S/C16H15N5O/c1-11-4-5-14(12(2)8-11)15(22)20-13-9-17-16(18-10-13)21-7-3-6-19-21/h3-10H,1-2H3,(H,20,22). The minimum atomic E-state index is -0.173. The number of aryl methyl sites for hydroxylation is 2. The summed E-state index contributed by atoms with van der Waals surface area (Å²) in [6, 6.07) is 7.50. The van der Waals surface area contributed by atoms with Crippen molar-refractivity contribution < 1.29 is 4.79 Å². The molecule has 0 aliphatic heterocycles. The smallest absolute Gasteiger partial charge is 0.256 e. The molecule has 6 nitrogen and oxygen atoms in total. The number of benzene rings is 1. The Labute approximate surface area is 127 Å². The van der Waals surface area contributed by atoms with Gasteiger partial charge in [0.15, 0.2) is 0 Å². The highest BCUT2D eigenvalue weighted by molar-refractivity contribution is 6.05. The highest BCUT2D eigenvalue weighted by Crippen LogP contribution is 2.13. The van der Waals surface area contributed by atoms with Gasteiger partial charge in [-0.25, -0.2) is 14.6 Å². The van der Waals surface area contributed by atoms with E-state index in [1.165, 1.54) is 0 Å². The summed E-state index contributed by atoms with van der Waals surface area (Å²) in [5.74, 6) is 0.280. The Bertz CT molecular complexity index is 794. The Morgan fingerprint density at radius 3 is 2.59 bits per heavy atom. The summed E-state index contributed by atoms with van der Waals surface area (Å²) >= 11 is 0. The number of hydrogen-bond donors (Lipinski definition) is 1. The number of rotatable bonds is 3. The second kappa shape index (κ2) is 5.77. The molecule has 6 heteroatoms. The summed E-state index contributed by atoms with van der Waals surface area (Å²) < 4.78 is 1.55. The van der Waals surface area contributed by atoms with E-state index in [1.54, 1.807) is 35.5 Å². The Kier molecular flexibility index (Phi) is 3.65. The summed E-state index contributed by atoms with van der Waals surface area (Å²) in [6.45, 7) is 3.91. The normalized spacial score (nSPS) is 10.5. The van der Waals surface area contributed by atoms with Crippen molar-refractivity contribution in [3.63, 3.8) is 0 Å². The van der Waals surface area contributed by atoms with Crippen LogP contribution in [0.4, 0.5) is 5.69 Å². The summed E-state index contributed by atoms with van der Waals surface area (Å²) in [7, 11) is 0. The van der Waals surface area contributed by atoms with Crippen molar-refractivity contribution in [2.45, 2.75) is 13.8 Å². The van der Waals surface area contributed by atoms with Crippen LogP contribution in [0, 0.1) is 13.8 Å². The fraction of sp³-hybridized carbons (Fsp3) is 0.125. The van der Waals surface area contributed by atoms with Gasteiger partial charge in [-0.2, -0.15) is 5.10 Å². The van der Waals surface area contributed by atoms with Crippen LogP contribution >= 0.6 is 0 Å². The molecular weight excluding hydrogens is 278 g/mol. The van der Waals surface area contributed by atoms with Crippen molar-refractivity contribution in [3.05, 3.63) is 65.7 Å². The highest BCUT2D eigenvalue weighted by Gasteiger charge is 2.10. The minimum absolute atomic E-state index is 0.173. The molecule has 2 heterocycles. The number of carbonyl (C=O) groups is 1. The van der Waals surface area contributed by atoms with Gasteiger partial charge in [-0.15, -0.1) is 0 Å². The van der Waals surface area contributed by atoms with Gasteiger partial charge in [0, 0.05) is 18.0 Å². The largest absolute Gasteiger partial charge is 0.319 e. The van der Waals surface area contributed by atoms with Crippen molar-refractivity contribution in [1.82, 2.24) is 19.7 Å². The average molecular weight is 293 g/mol. The van der Waals surface area contributed by atoms with Crippen LogP contribution in [0.1, 0.15) is 21.5 Å². The maximum atomic E-state index is 12.3. The predicted molar refractivity (Wildman–Crippen MR) is 83.0 cm³/mol. The number of hydrogen-bond acceptors (Lipinski definition) is 4. The van der Waals surface area contributed by atoms with E-state index in [0.29, 0.717) is 17.2 Å². The molecular formula is C16H15N5O. The maximum absolute atomic E-state index is 12.3. The molecule has 0 atom stereocenters. The van der Waals surface area contributed by atoms with E-state index >= 15 is 0 Å². The van der Waals surface area contributed by atoms with Crippen LogP contribution in [0.3, 0.4) is 0 Å². The van der Waals surface area contributed by atoms with Gasteiger partial charge < -0.3 is 5.32 Å². The Hall–Kier alpha value is -3.02. The van der Waals surface area contributed by atoms with Crippen molar-refractivity contribution in [2.24, 2.45) is 0 Å². The quantitative estimate of drug-likeness (QED) is 0.805. The van der Waals surface area contributed by atoms with E-state index in [1.807, 2.05) is 32.0 Å². The Balaban J connectivity index is 1.77. The van der Waals surface area contributed by atoms with Gasteiger partial charge >= 0.3 is 0 Å². The number of aromatic nitrogens is 4. The van der Waals surface area contributed by atoms with Gasteiger partial charge in [-0.3, -0.25) is 4.79 Å². The second-order valence-electron chi connectivity index (χ2n) is 4.99. The summed E-state index contributed by atoms with van der Waals surface area (Å²) in [5.41, 5.74) is 3.25. The lowest BCUT2D eigenvalue weighted by Crippen LogP contribution is -2.14. The Morgan fingerprint density at radius 2 is 1.95 bits per heavy atom. The third-order valence-corrected chi connectivity index (χ3v) is 3.23. The van der Waals surface area contributed by atoms with E-state index < -0.39 is 0 Å². The lowest BCUT2D eigenvalue weighted by atomic mass is 10.1. The van der Waals surface area contributed by atoms with Crippen LogP contribution in [0.15, 0.2) is 49.1 Å². The third kappa shape index (κ3) is 2.85. The zero-order valence-electron chi connectivity index (χ0n) is 12.3. The zero-order valence-corrected chi connectivity index (χ0v) is 12.3. The SMILES string of the molecule is Cc1ccc(C(=O)Nc2cnc(-n3cccn3)nc2)c(C)c1.